The molecule has 0 saturated heterocycles. The summed E-state index contributed by atoms with van der Waals surface area (Å²) < 4.78 is 0. The van der Waals surface area contributed by atoms with E-state index < -0.39 is 0 Å². The van der Waals surface area contributed by atoms with Crippen LogP contribution in [0.25, 0.3) is 0 Å². The SMILES string of the molecule is CCN(CC)C(C)Br. The highest BCUT2D eigenvalue weighted by molar-refractivity contribution is 9.09. The summed E-state index contributed by atoms with van der Waals surface area (Å²) in [4.78, 5) is 2.86. The van der Waals surface area contributed by atoms with E-state index in [1.807, 2.05) is 0 Å². The first-order chi connectivity index (χ1) is 3.72. The van der Waals surface area contributed by atoms with Crippen molar-refractivity contribution >= 4 is 15.9 Å². The molecule has 0 aliphatic rings. The summed E-state index contributed by atoms with van der Waals surface area (Å²) >= 11 is 3.49. The minimum Gasteiger partial charge on any atom is -0.292 e. The third-order valence-corrected chi connectivity index (χ3v) is 1.89. The molecule has 0 heterocycles. The van der Waals surface area contributed by atoms with Gasteiger partial charge in [-0.1, -0.05) is 29.8 Å². The molecule has 1 atom stereocenters. The van der Waals surface area contributed by atoms with E-state index in [0.717, 1.165) is 13.1 Å². The predicted molar refractivity (Wildman–Crippen MR) is 41.3 cm³/mol. The van der Waals surface area contributed by atoms with E-state index in [2.05, 4.69) is 41.6 Å². The maximum atomic E-state index is 3.49. The maximum Gasteiger partial charge on any atom is 0.0626 e. The van der Waals surface area contributed by atoms with Gasteiger partial charge >= 0.3 is 0 Å². The molecule has 0 saturated carbocycles. The Bertz CT molecular complexity index is 50.5. The molecule has 0 aliphatic heterocycles. The van der Waals surface area contributed by atoms with E-state index in [9.17, 15) is 0 Å². The lowest BCUT2D eigenvalue weighted by atomic mass is 10.5. The largest absolute Gasteiger partial charge is 0.292 e. The van der Waals surface area contributed by atoms with E-state index in [1.165, 1.54) is 0 Å². The monoisotopic (exact) mass is 179 g/mol. The Morgan fingerprint density at radius 3 is 1.75 bits per heavy atom. The van der Waals surface area contributed by atoms with Crippen LogP contribution in [0, 0.1) is 0 Å². The van der Waals surface area contributed by atoms with Crippen molar-refractivity contribution in [3.05, 3.63) is 0 Å². The number of hydrogen-bond donors (Lipinski definition) is 0. The van der Waals surface area contributed by atoms with E-state index in [1.54, 1.807) is 0 Å². The van der Waals surface area contributed by atoms with Gasteiger partial charge in [-0.2, -0.15) is 0 Å². The van der Waals surface area contributed by atoms with Gasteiger partial charge in [0.05, 0.1) is 4.95 Å². The van der Waals surface area contributed by atoms with Gasteiger partial charge in [0.25, 0.3) is 0 Å². The van der Waals surface area contributed by atoms with Gasteiger partial charge in [-0.05, 0) is 20.0 Å². The topological polar surface area (TPSA) is 3.24 Å². The van der Waals surface area contributed by atoms with E-state index >= 15 is 0 Å². The van der Waals surface area contributed by atoms with Gasteiger partial charge in [-0.25, -0.2) is 0 Å². The number of halogens is 1. The van der Waals surface area contributed by atoms with Gasteiger partial charge in [0.15, 0.2) is 0 Å². The minimum absolute atomic E-state index is 0.525. The lowest BCUT2D eigenvalue weighted by Crippen LogP contribution is -2.27. The maximum absolute atomic E-state index is 3.49. The van der Waals surface area contributed by atoms with Gasteiger partial charge in [0.1, 0.15) is 0 Å². The van der Waals surface area contributed by atoms with Crippen LogP contribution < -0.4 is 0 Å². The Balaban J connectivity index is 3.35. The molecule has 0 N–H and O–H groups in total. The lowest BCUT2D eigenvalue weighted by molar-refractivity contribution is 0.302. The summed E-state index contributed by atoms with van der Waals surface area (Å²) in [6.07, 6.45) is 0. The summed E-state index contributed by atoms with van der Waals surface area (Å²) in [6, 6.07) is 0. The van der Waals surface area contributed by atoms with Crippen LogP contribution in [0.2, 0.25) is 0 Å². The van der Waals surface area contributed by atoms with Crippen molar-refractivity contribution in [3.8, 4) is 0 Å². The van der Waals surface area contributed by atoms with Crippen LogP contribution in [0.1, 0.15) is 20.8 Å². The van der Waals surface area contributed by atoms with Crippen molar-refractivity contribution in [2.24, 2.45) is 0 Å². The summed E-state index contributed by atoms with van der Waals surface area (Å²) in [5, 5.41) is 0. The van der Waals surface area contributed by atoms with Crippen molar-refractivity contribution in [3.63, 3.8) is 0 Å². The molecule has 0 rings (SSSR count). The molecule has 0 aliphatic carbocycles. The molecule has 0 amide bonds. The van der Waals surface area contributed by atoms with Crippen LogP contribution in [-0.4, -0.2) is 22.9 Å². The van der Waals surface area contributed by atoms with Gasteiger partial charge < -0.3 is 0 Å². The van der Waals surface area contributed by atoms with Crippen molar-refractivity contribution < 1.29 is 0 Å². The fraction of sp³-hybridized carbons (Fsp3) is 1.00. The highest BCUT2D eigenvalue weighted by Gasteiger charge is 2.02. The van der Waals surface area contributed by atoms with Crippen molar-refractivity contribution in [1.82, 2.24) is 4.90 Å². The second-order valence-corrected chi connectivity index (χ2v) is 3.12. The fourth-order valence-corrected chi connectivity index (χ4v) is 1.31. The van der Waals surface area contributed by atoms with Crippen LogP contribution in [0.5, 0.6) is 0 Å². The van der Waals surface area contributed by atoms with Crippen LogP contribution in [0.4, 0.5) is 0 Å². The third kappa shape index (κ3) is 2.68. The van der Waals surface area contributed by atoms with Crippen LogP contribution >= 0.6 is 15.9 Å². The zero-order valence-electron chi connectivity index (χ0n) is 5.82. The molecule has 0 aromatic carbocycles. The Morgan fingerprint density at radius 1 is 1.38 bits per heavy atom. The number of hydrogen-bond acceptors (Lipinski definition) is 1. The van der Waals surface area contributed by atoms with Gasteiger partial charge in [-0.3, -0.25) is 4.90 Å². The first kappa shape index (κ1) is 8.44. The Hall–Kier alpha value is 0.440. The molecule has 0 bridgehead atoms. The molecule has 1 nitrogen and oxygen atoms in total. The van der Waals surface area contributed by atoms with Crippen LogP contribution in [0.3, 0.4) is 0 Å². The van der Waals surface area contributed by atoms with Crippen molar-refractivity contribution in [1.29, 1.82) is 0 Å². The summed E-state index contributed by atoms with van der Waals surface area (Å²) in [5.74, 6) is 0. The molecule has 0 aromatic heterocycles. The molecule has 50 valence electrons. The molecule has 0 radical (unpaired) electrons. The summed E-state index contributed by atoms with van der Waals surface area (Å²) in [6.45, 7) is 8.74. The van der Waals surface area contributed by atoms with E-state index in [-0.39, 0.29) is 0 Å². The molecular weight excluding hydrogens is 166 g/mol. The van der Waals surface area contributed by atoms with E-state index in [0.29, 0.717) is 4.95 Å². The Labute approximate surface area is 60.2 Å². The number of alkyl halides is 1. The highest BCUT2D eigenvalue weighted by Crippen LogP contribution is 2.03. The van der Waals surface area contributed by atoms with Gasteiger partial charge in [0.2, 0.25) is 0 Å². The zero-order valence-corrected chi connectivity index (χ0v) is 7.40. The summed E-state index contributed by atoms with van der Waals surface area (Å²) in [5.41, 5.74) is 0. The van der Waals surface area contributed by atoms with Gasteiger partial charge in [0, 0.05) is 0 Å². The molecule has 8 heavy (non-hydrogen) atoms. The molecule has 1 unspecified atom stereocenters. The standard InChI is InChI=1S/C6H14BrN/c1-4-8(5-2)6(3)7/h6H,4-5H2,1-3H3. The first-order valence-corrected chi connectivity index (χ1v) is 4.02. The second kappa shape index (κ2) is 4.33. The number of rotatable bonds is 3. The van der Waals surface area contributed by atoms with Crippen molar-refractivity contribution in [2.75, 3.05) is 13.1 Å². The molecule has 0 spiro atoms. The van der Waals surface area contributed by atoms with Gasteiger partial charge in [-0.15, -0.1) is 0 Å². The second-order valence-electron chi connectivity index (χ2n) is 1.80. The molecule has 0 aromatic rings. The Kier molecular flexibility index (Phi) is 4.57. The fourth-order valence-electron chi connectivity index (χ4n) is 0.727. The number of nitrogens with zero attached hydrogens (tertiary/aromatic N) is 1. The molecule has 2 heteroatoms. The summed E-state index contributed by atoms with van der Waals surface area (Å²) in [7, 11) is 0. The average Bonchev–Trinajstić information content (AvgIpc) is 1.69. The highest BCUT2D eigenvalue weighted by atomic mass is 79.9. The van der Waals surface area contributed by atoms with Crippen molar-refractivity contribution in [2.45, 2.75) is 25.7 Å². The average molecular weight is 180 g/mol. The predicted octanol–water partition coefficient (Wildman–Crippen LogP) is 2.07. The normalized spacial score (nSPS) is 14.6. The van der Waals surface area contributed by atoms with Crippen LogP contribution in [0.15, 0.2) is 0 Å². The lowest BCUT2D eigenvalue weighted by Gasteiger charge is -2.20. The third-order valence-electron chi connectivity index (χ3n) is 1.32. The minimum atomic E-state index is 0.525. The zero-order chi connectivity index (χ0) is 6.57. The quantitative estimate of drug-likeness (QED) is 0.474. The first-order valence-electron chi connectivity index (χ1n) is 3.10. The van der Waals surface area contributed by atoms with E-state index in [4.69, 9.17) is 0 Å². The smallest absolute Gasteiger partial charge is 0.0626 e. The molecular formula is C6H14BrN. The molecule has 0 fully saturated rings. The Morgan fingerprint density at radius 2 is 1.75 bits per heavy atom. The van der Waals surface area contributed by atoms with Crippen LogP contribution in [-0.2, 0) is 0 Å².